The van der Waals surface area contributed by atoms with Gasteiger partial charge in [0, 0.05) is 41.7 Å². The Kier molecular flexibility index (Phi) is 4.78. The molecule has 0 atom stereocenters. The molecule has 4 nitrogen and oxygen atoms in total. The summed E-state index contributed by atoms with van der Waals surface area (Å²) in [6.45, 7) is 13.2. The number of benzene rings is 1. The first-order valence-electron chi connectivity index (χ1n) is 10.7. The Balaban J connectivity index is 1.67. The molecule has 1 aromatic carbocycles. The smallest absolute Gasteiger partial charge is 0.140 e. The van der Waals surface area contributed by atoms with Gasteiger partial charge in [-0.1, -0.05) is 24.8 Å². The van der Waals surface area contributed by atoms with E-state index in [1.54, 1.807) is 0 Å². The van der Waals surface area contributed by atoms with E-state index >= 15 is 0 Å². The fourth-order valence-corrected chi connectivity index (χ4v) is 4.59. The lowest BCUT2D eigenvalue weighted by molar-refractivity contribution is 0.977. The largest absolute Gasteiger partial charge is 0.298 e. The molecule has 0 radical (unpaired) electrons. The fourth-order valence-electron chi connectivity index (χ4n) is 4.59. The zero-order chi connectivity index (χ0) is 21.5. The van der Waals surface area contributed by atoms with Crippen LogP contribution in [-0.2, 0) is 12.8 Å². The maximum absolute atomic E-state index is 4.86. The molecule has 5 rings (SSSR count). The highest BCUT2D eigenvalue weighted by molar-refractivity contribution is 6.13. The number of fused-ring (bicyclic) bond motifs is 3. The predicted molar refractivity (Wildman–Crippen MR) is 130 cm³/mol. The molecule has 0 bridgehead atoms. The number of anilines is 2. The predicted octanol–water partition coefficient (Wildman–Crippen LogP) is 6.04. The molecule has 0 unspecified atom stereocenters. The topological polar surface area (TPSA) is 41.4 Å². The second kappa shape index (κ2) is 7.62. The van der Waals surface area contributed by atoms with E-state index in [9.17, 15) is 0 Å². The standard InChI is InChI=1S/C27H26N4/c1-5-6-7-20-10-18(3)27(30-14-20)31-19(4)12-22-16-29-25-11-17(2)23(13-24(25)26(22)31)21-8-9-28-15-21/h5,8,10-11,13-16H,1,4,6-7,9,12H2,2-3H3. The molecule has 0 aliphatic carbocycles. The van der Waals surface area contributed by atoms with Gasteiger partial charge in [0.15, 0.2) is 0 Å². The highest BCUT2D eigenvalue weighted by Gasteiger charge is 2.29. The lowest BCUT2D eigenvalue weighted by atomic mass is 9.97. The van der Waals surface area contributed by atoms with Gasteiger partial charge in [0.05, 0.1) is 17.7 Å². The number of hydrogen-bond donors (Lipinski definition) is 0. The van der Waals surface area contributed by atoms with E-state index in [4.69, 9.17) is 9.97 Å². The van der Waals surface area contributed by atoms with Crippen molar-refractivity contribution in [3.63, 3.8) is 0 Å². The van der Waals surface area contributed by atoms with Crippen molar-refractivity contribution >= 4 is 34.2 Å². The van der Waals surface area contributed by atoms with Crippen LogP contribution in [0.25, 0.3) is 16.5 Å². The summed E-state index contributed by atoms with van der Waals surface area (Å²) in [6.07, 6.45) is 12.8. The summed E-state index contributed by atoms with van der Waals surface area (Å²) in [5.41, 5.74) is 10.4. The van der Waals surface area contributed by atoms with Crippen molar-refractivity contribution in [1.82, 2.24) is 9.97 Å². The first-order chi connectivity index (χ1) is 15.1. The van der Waals surface area contributed by atoms with Gasteiger partial charge in [-0.3, -0.25) is 14.9 Å². The highest BCUT2D eigenvalue weighted by Crippen LogP contribution is 2.44. The third-order valence-electron chi connectivity index (χ3n) is 6.11. The van der Waals surface area contributed by atoms with E-state index in [0.717, 1.165) is 59.5 Å². The summed E-state index contributed by atoms with van der Waals surface area (Å²) >= 11 is 0. The first-order valence-corrected chi connectivity index (χ1v) is 10.7. The Morgan fingerprint density at radius 1 is 1.10 bits per heavy atom. The van der Waals surface area contributed by atoms with E-state index in [-0.39, 0.29) is 0 Å². The molecule has 2 aliphatic heterocycles. The monoisotopic (exact) mass is 406 g/mol. The van der Waals surface area contributed by atoms with Crippen molar-refractivity contribution in [1.29, 1.82) is 0 Å². The fraction of sp³-hybridized carbons (Fsp3) is 0.222. The van der Waals surface area contributed by atoms with Gasteiger partial charge in [-0.2, -0.15) is 0 Å². The van der Waals surface area contributed by atoms with Crippen molar-refractivity contribution in [3.05, 3.63) is 89.4 Å². The van der Waals surface area contributed by atoms with E-state index in [1.165, 1.54) is 27.8 Å². The molecule has 0 saturated carbocycles. The van der Waals surface area contributed by atoms with Crippen molar-refractivity contribution < 1.29 is 0 Å². The SMILES string of the molecule is C=CCCc1cnc(N2C(=C)Cc3cnc4cc(C)c(C5=CCN=C5)cc4c32)c(C)c1. The summed E-state index contributed by atoms with van der Waals surface area (Å²) in [6, 6.07) is 6.67. The van der Waals surface area contributed by atoms with Crippen LogP contribution in [0.15, 0.2) is 66.6 Å². The Morgan fingerprint density at radius 2 is 1.97 bits per heavy atom. The van der Waals surface area contributed by atoms with Gasteiger partial charge in [0.25, 0.3) is 0 Å². The van der Waals surface area contributed by atoms with Crippen LogP contribution in [0.5, 0.6) is 0 Å². The molecule has 0 saturated heterocycles. The summed E-state index contributed by atoms with van der Waals surface area (Å²) in [4.78, 5) is 16.2. The molecule has 0 fully saturated rings. The van der Waals surface area contributed by atoms with E-state index in [0.29, 0.717) is 0 Å². The number of hydrogen-bond acceptors (Lipinski definition) is 4. The number of pyridine rings is 2. The number of aryl methyl sites for hydroxylation is 3. The van der Waals surface area contributed by atoms with E-state index in [2.05, 4.69) is 61.2 Å². The van der Waals surface area contributed by atoms with Crippen LogP contribution < -0.4 is 4.90 Å². The molecule has 154 valence electrons. The molecular weight excluding hydrogens is 380 g/mol. The normalized spacial score (nSPS) is 15.0. The molecule has 0 N–H and O–H groups in total. The Bertz CT molecular complexity index is 1300. The van der Waals surface area contributed by atoms with Gasteiger partial charge >= 0.3 is 0 Å². The van der Waals surface area contributed by atoms with Crippen LogP contribution in [0.1, 0.15) is 34.2 Å². The molecule has 2 aliphatic rings. The zero-order valence-corrected chi connectivity index (χ0v) is 18.2. The molecular formula is C27H26N4. The Morgan fingerprint density at radius 3 is 2.71 bits per heavy atom. The average Bonchev–Trinajstić information content (AvgIpc) is 3.39. The number of aliphatic imine (C=N–C) groups is 1. The summed E-state index contributed by atoms with van der Waals surface area (Å²) in [7, 11) is 0. The van der Waals surface area contributed by atoms with Crippen LogP contribution in [0.3, 0.4) is 0 Å². The molecule has 3 aromatic rings. The molecule has 4 heteroatoms. The third kappa shape index (κ3) is 3.28. The van der Waals surface area contributed by atoms with Gasteiger partial charge in [0.1, 0.15) is 5.82 Å². The van der Waals surface area contributed by atoms with Crippen LogP contribution >= 0.6 is 0 Å². The molecule has 0 spiro atoms. The summed E-state index contributed by atoms with van der Waals surface area (Å²) in [5, 5.41) is 1.13. The van der Waals surface area contributed by atoms with Crippen molar-refractivity contribution in [2.75, 3.05) is 11.4 Å². The second-order valence-electron chi connectivity index (χ2n) is 8.36. The van der Waals surface area contributed by atoms with Crippen molar-refractivity contribution in [3.8, 4) is 0 Å². The Labute approximate surface area is 183 Å². The lowest BCUT2D eigenvalue weighted by Crippen LogP contribution is -2.14. The lowest BCUT2D eigenvalue weighted by Gasteiger charge is -2.24. The van der Waals surface area contributed by atoms with Gasteiger partial charge in [-0.15, -0.1) is 6.58 Å². The summed E-state index contributed by atoms with van der Waals surface area (Å²) < 4.78 is 0. The molecule has 2 aromatic heterocycles. The van der Waals surface area contributed by atoms with Gasteiger partial charge in [0.2, 0.25) is 0 Å². The first kappa shape index (κ1) is 19.4. The van der Waals surface area contributed by atoms with Gasteiger partial charge < -0.3 is 0 Å². The molecule has 0 amide bonds. The molecule has 31 heavy (non-hydrogen) atoms. The zero-order valence-electron chi connectivity index (χ0n) is 18.2. The third-order valence-corrected chi connectivity index (χ3v) is 6.11. The summed E-state index contributed by atoms with van der Waals surface area (Å²) in [5.74, 6) is 0.947. The number of aromatic nitrogens is 2. The maximum Gasteiger partial charge on any atom is 0.140 e. The van der Waals surface area contributed by atoms with Crippen molar-refractivity contribution in [2.24, 2.45) is 4.99 Å². The van der Waals surface area contributed by atoms with Crippen LogP contribution in [-0.4, -0.2) is 22.7 Å². The van der Waals surface area contributed by atoms with E-state index < -0.39 is 0 Å². The maximum atomic E-state index is 4.86. The number of rotatable bonds is 5. The Hall–Kier alpha value is -3.53. The van der Waals surface area contributed by atoms with Gasteiger partial charge in [-0.25, -0.2) is 4.98 Å². The van der Waals surface area contributed by atoms with E-state index in [1.807, 2.05) is 24.7 Å². The average molecular weight is 407 g/mol. The van der Waals surface area contributed by atoms with Crippen LogP contribution in [0, 0.1) is 13.8 Å². The second-order valence-corrected chi connectivity index (χ2v) is 8.36. The van der Waals surface area contributed by atoms with Crippen LogP contribution in [0.4, 0.5) is 11.5 Å². The minimum Gasteiger partial charge on any atom is -0.298 e. The minimum atomic E-state index is 0.752. The van der Waals surface area contributed by atoms with Crippen molar-refractivity contribution in [2.45, 2.75) is 33.1 Å². The minimum absolute atomic E-state index is 0.752. The van der Waals surface area contributed by atoms with Crippen LogP contribution in [0.2, 0.25) is 0 Å². The molecule has 4 heterocycles. The number of allylic oxidation sites excluding steroid dienone is 3. The highest BCUT2D eigenvalue weighted by atomic mass is 15.2. The van der Waals surface area contributed by atoms with Gasteiger partial charge in [-0.05, 0) is 66.6 Å². The quantitative estimate of drug-likeness (QED) is 0.485. The number of nitrogens with zero attached hydrogens (tertiary/aromatic N) is 4.